The molecule has 0 spiro atoms. The van der Waals surface area contributed by atoms with Crippen molar-refractivity contribution in [3.63, 3.8) is 0 Å². The molecule has 1 aliphatic carbocycles. The normalized spacial score (nSPS) is 12.7. The summed E-state index contributed by atoms with van der Waals surface area (Å²) in [6.45, 7) is 3.64. The molecule has 0 saturated heterocycles. The Labute approximate surface area is 276 Å². The van der Waals surface area contributed by atoms with Gasteiger partial charge in [0.2, 0.25) is 0 Å². The minimum absolute atomic E-state index is 0.299. The number of hydrogen-bond donors (Lipinski definition) is 5. The van der Waals surface area contributed by atoms with Crippen molar-refractivity contribution in [1.29, 1.82) is 0 Å². The van der Waals surface area contributed by atoms with Crippen molar-refractivity contribution in [2.24, 2.45) is 4.99 Å². The van der Waals surface area contributed by atoms with Crippen LogP contribution in [0.15, 0.2) is 126 Å². The number of aliphatic imine (C=N–C) groups is 1. The number of carbonyl (C=O) groups is 4. The first-order chi connectivity index (χ1) is 23.2. The van der Waals surface area contributed by atoms with Gasteiger partial charge < -0.3 is 25.4 Å². The average Bonchev–Trinajstić information content (AvgIpc) is 3.06. The lowest BCUT2D eigenvalue weighted by Crippen LogP contribution is -2.28. The number of rotatable bonds is 7. The fourth-order valence-corrected chi connectivity index (χ4v) is 4.42. The van der Waals surface area contributed by atoms with Crippen LogP contribution >= 0.6 is 0 Å². The van der Waals surface area contributed by atoms with Crippen LogP contribution in [0.1, 0.15) is 17.5 Å². The fraction of sp³-hybridized carbons (Fsp3) is 0.0833. The molecule has 12 nitrogen and oxygen atoms in total. The average molecular weight is 645 g/mol. The molecule has 48 heavy (non-hydrogen) atoms. The molecule has 0 aromatic heterocycles. The van der Waals surface area contributed by atoms with Gasteiger partial charge in [-0.2, -0.15) is 4.99 Å². The Balaban J connectivity index is 1.11. The summed E-state index contributed by atoms with van der Waals surface area (Å²) in [4.78, 5) is 54.1. The van der Waals surface area contributed by atoms with E-state index in [1.54, 1.807) is 103 Å². The van der Waals surface area contributed by atoms with Gasteiger partial charge in [-0.05, 0) is 85.7 Å². The molecule has 6 amide bonds. The van der Waals surface area contributed by atoms with E-state index >= 15 is 0 Å². The molecule has 5 rings (SSSR count). The van der Waals surface area contributed by atoms with Gasteiger partial charge in [-0.25, -0.2) is 19.2 Å². The summed E-state index contributed by atoms with van der Waals surface area (Å²) in [6, 6.07) is 26.4. The van der Waals surface area contributed by atoms with E-state index in [4.69, 9.17) is 9.47 Å². The standard InChI is InChI=1S/C36H32N6O6/c1-23-13-15-27(39-35(45)47-29-9-5-3-6-10-29)21-31(23)41-33(43)37-25-17-19-26(20-18-25)38-34(44)42-32-22-28(16-14-24(32)2)40-36(46)48-30-11-7-4-8-12-30/h3-19,21-22H,20H2,1-2H3,(H,39,45)(H,40,46)(H,42,44)(H2,37,41,43). The Hall–Kier alpha value is -6.69. The summed E-state index contributed by atoms with van der Waals surface area (Å²) < 4.78 is 10.5. The van der Waals surface area contributed by atoms with E-state index < -0.39 is 24.2 Å². The number of nitrogens with one attached hydrogen (secondary N) is 5. The van der Waals surface area contributed by atoms with E-state index in [2.05, 4.69) is 31.6 Å². The molecule has 242 valence electrons. The van der Waals surface area contributed by atoms with Crippen LogP contribution < -0.4 is 36.1 Å². The highest BCUT2D eigenvalue weighted by atomic mass is 16.6. The number of hydrogen-bond acceptors (Lipinski definition) is 6. The first kappa shape index (κ1) is 32.7. The number of carbonyl (C=O) groups excluding carboxylic acids is 4. The SMILES string of the molecule is Cc1ccc(NC(=O)Oc2ccccc2)cc1NC(=O)N=C1C=CC(NC(=O)Nc2cc(NC(=O)Oc3ccccc3)ccc2C)=CC1. The predicted molar refractivity (Wildman–Crippen MR) is 185 cm³/mol. The largest absolute Gasteiger partial charge is 0.417 e. The summed E-state index contributed by atoms with van der Waals surface area (Å²) in [7, 11) is 0. The number of para-hydroxylation sites is 2. The zero-order chi connectivity index (χ0) is 33.9. The number of amides is 6. The molecule has 0 unspecified atom stereocenters. The highest BCUT2D eigenvalue weighted by Crippen LogP contribution is 2.23. The van der Waals surface area contributed by atoms with E-state index in [-0.39, 0.29) is 0 Å². The Morgan fingerprint density at radius 1 is 0.604 bits per heavy atom. The van der Waals surface area contributed by atoms with Gasteiger partial charge in [-0.15, -0.1) is 0 Å². The third-order valence-electron chi connectivity index (χ3n) is 6.85. The molecule has 4 aromatic rings. The lowest BCUT2D eigenvalue weighted by atomic mass is 10.1. The van der Waals surface area contributed by atoms with Gasteiger partial charge in [-0.1, -0.05) is 54.6 Å². The summed E-state index contributed by atoms with van der Waals surface area (Å²) in [5.74, 6) is 0.804. The Morgan fingerprint density at radius 2 is 1.12 bits per heavy atom. The fourth-order valence-electron chi connectivity index (χ4n) is 4.42. The molecule has 0 atom stereocenters. The zero-order valence-electron chi connectivity index (χ0n) is 26.1. The third kappa shape index (κ3) is 9.65. The van der Waals surface area contributed by atoms with Gasteiger partial charge >= 0.3 is 24.2 Å². The number of nitrogens with zero attached hydrogens (tertiary/aromatic N) is 1. The van der Waals surface area contributed by atoms with Crippen LogP contribution in [0.2, 0.25) is 0 Å². The van der Waals surface area contributed by atoms with E-state index in [9.17, 15) is 19.2 Å². The van der Waals surface area contributed by atoms with Crippen molar-refractivity contribution in [3.8, 4) is 11.5 Å². The molecule has 0 radical (unpaired) electrons. The molecular weight excluding hydrogens is 612 g/mol. The third-order valence-corrected chi connectivity index (χ3v) is 6.85. The van der Waals surface area contributed by atoms with Crippen LogP contribution in [-0.4, -0.2) is 30.0 Å². The van der Waals surface area contributed by atoms with Gasteiger partial charge in [0.25, 0.3) is 0 Å². The van der Waals surface area contributed by atoms with E-state index in [1.807, 2.05) is 26.0 Å². The van der Waals surface area contributed by atoms with Crippen molar-refractivity contribution in [3.05, 3.63) is 132 Å². The minimum Gasteiger partial charge on any atom is -0.410 e. The van der Waals surface area contributed by atoms with Crippen molar-refractivity contribution in [2.75, 3.05) is 21.3 Å². The predicted octanol–water partition coefficient (Wildman–Crippen LogP) is 8.16. The number of allylic oxidation sites excluding steroid dienone is 3. The van der Waals surface area contributed by atoms with Crippen LogP contribution in [0.25, 0.3) is 0 Å². The maximum atomic E-state index is 12.8. The molecule has 0 bridgehead atoms. The monoisotopic (exact) mass is 644 g/mol. The number of aryl methyl sites for hydroxylation is 2. The quantitative estimate of drug-likeness (QED) is 0.136. The molecule has 12 heteroatoms. The van der Waals surface area contributed by atoms with E-state index in [0.29, 0.717) is 52.1 Å². The van der Waals surface area contributed by atoms with Gasteiger partial charge in [0.1, 0.15) is 11.5 Å². The smallest absolute Gasteiger partial charge is 0.410 e. The van der Waals surface area contributed by atoms with E-state index in [1.165, 1.54) is 0 Å². The van der Waals surface area contributed by atoms with Gasteiger partial charge in [0.15, 0.2) is 0 Å². The summed E-state index contributed by atoms with van der Waals surface area (Å²) in [5, 5.41) is 13.6. The minimum atomic E-state index is -0.665. The van der Waals surface area contributed by atoms with Gasteiger partial charge in [0, 0.05) is 34.9 Å². The first-order valence-corrected chi connectivity index (χ1v) is 14.8. The second kappa shape index (κ2) is 15.5. The molecule has 0 aliphatic heterocycles. The summed E-state index contributed by atoms with van der Waals surface area (Å²) in [6.07, 6.45) is 3.96. The molecule has 0 heterocycles. The highest BCUT2D eigenvalue weighted by molar-refractivity contribution is 6.07. The van der Waals surface area contributed by atoms with Crippen molar-refractivity contribution >= 4 is 52.7 Å². The Kier molecular flexibility index (Phi) is 10.6. The zero-order valence-corrected chi connectivity index (χ0v) is 26.1. The number of urea groups is 2. The molecule has 1 aliphatic rings. The molecular formula is C36H32N6O6. The highest BCUT2D eigenvalue weighted by Gasteiger charge is 2.13. The van der Waals surface area contributed by atoms with Crippen LogP contribution in [0, 0.1) is 13.8 Å². The maximum Gasteiger partial charge on any atom is 0.417 e. The Bertz CT molecular complexity index is 1920. The summed E-state index contributed by atoms with van der Waals surface area (Å²) in [5.41, 5.74) is 4.39. The van der Waals surface area contributed by atoms with Crippen molar-refractivity contribution in [2.45, 2.75) is 20.3 Å². The van der Waals surface area contributed by atoms with Crippen LogP contribution in [-0.2, 0) is 0 Å². The van der Waals surface area contributed by atoms with Crippen LogP contribution in [0.3, 0.4) is 0 Å². The second-order valence-corrected chi connectivity index (χ2v) is 10.5. The number of anilines is 4. The maximum absolute atomic E-state index is 12.8. The van der Waals surface area contributed by atoms with Gasteiger partial charge in [-0.3, -0.25) is 10.6 Å². The van der Waals surface area contributed by atoms with Crippen molar-refractivity contribution < 1.29 is 28.7 Å². The summed E-state index contributed by atoms with van der Waals surface area (Å²) >= 11 is 0. The van der Waals surface area contributed by atoms with Crippen LogP contribution in [0.5, 0.6) is 11.5 Å². The molecule has 0 fully saturated rings. The topological polar surface area (TPSA) is 159 Å². The lowest BCUT2D eigenvalue weighted by Gasteiger charge is -2.14. The molecule has 5 N–H and O–H groups in total. The van der Waals surface area contributed by atoms with Crippen LogP contribution in [0.4, 0.5) is 41.9 Å². The molecule has 4 aromatic carbocycles. The first-order valence-electron chi connectivity index (χ1n) is 14.8. The van der Waals surface area contributed by atoms with Crippen molar-refractivity contribution in [1.82, 2.24) is 5.32 Å². The Morgan fingerprint density at radius 3 is 1.62 bits per heavy atom. The number of ether oxygens (including phenoxy) is 2. The lowest BCUT2D eigenvalue weighted by molar-refractivity contribution is 0.214. The van der Waals surface area contributed by atoms with E-state index in [0.717, 1.165) is 11.1 Å². The van der Waals surface area contributed by atoms with Gasteiger partial charge in [0.05, 0.1) is 5.71 Å². The second-order valence-electron chi connectivity index (χ2n) is 10.5. The number of benzene rings is 4. The molecule has 0 saturated carbocycles.